The molecule has 0 saturated heterocycles. The first kappa shape index (κ1) is 11.0. The van der Waals surface area contributed by atoms with Crippen LogP contribution in [0.4, 0.5) is 0 Å². The van der Waals surface area contributed by atoms with E-state index in [0.29, 0.717) is 6.54 Å². The summed E-state index contributed by atoms with van der Waals surface area (Å²) in [6.07, 6.45) is 7.04. The quantitative estimate of drug-likeness (QED) is 0.582. The van der Waals surface area contributed by atoms with Gasteiger partial charge in [0.05, 0.1) is 0 Å². The van der Waals surface area contributed by atoms with Crippen molar-refractivity contribution >= 4 is 0 Å². The van der Waals surface area contributed by atoms with Crippen LogP contribution in [0.15, 0.2) is 0 Å². The van der Waals surface area contributed by atoms with Crippen LogP contribution in [0.5, 0.6) is 0 Å². The lowest BCUT2D eigenvalue weighted by molar-refractivity contribution is 0.339. The van der Waals surface area contributed by atoms with Gasteiger partial charge in [0.25, 0.3) is 0 Å². The summed E-state index contributed by atoms with van der Waals surface area (Å²) in [5, 5.41) is 3.40. The van der Waals surface area contributed by atoms with Crippen molar-refractivity contribution in [1.29, 1.82) is 0 Å². The molecule has 1 atom stereocenters. The molecule has 0 aromatic rings. The Hall–Kier alpha value is -0.120. The van der Waals surface area contributed by atoms with Gasteiger partial charge in [0.2, 0.25) is 0 Å². The fourth-order valence-electron chi connectivity index (χ4n) is 1.95. The van der Waals surface area contributed by atoms with Crippen molar-refractivity contribution in [3.63, 3.8) is 0 Å². The van der Waals surface area contributed by atoms with Gasteiger partial charge in [0.1, 0.15) is 0 Å². The Kier molecular flexibility index (Phi) is 5.35. The fraction of sp³-hybridized carbons (Fsp3) is 1.00. The highest BCUT2D eigenvalue weighted by molar-refractivity contribution is 4.70. The fourth-order valence-corrected chi connectivity index (χ4v) is 1.95. The second kappa shape index (κ2) is 6.35. The SMILES string of the molecule is NCC(N)CNCC1CCCCC1. The number of hydrogen-bond donors (Lipinski definition) is 3. The molecular formula is C10H23N3. The van der Waals surface area contributed by atoms with Crippen molar-refractivity contribution in [3.05, 3.63) is 0 Å². The van der Waals surface area contributed by atoms with E-state index in [4.69, 9.17) is 11.5 Å². The number of nitrogens with two attached hydrogens (primary N) is 2. The molecule has 0 amide bonds. The minimum absolute atomic E-state index is 0.128. The van der Waals surface area contributed by atoms with E-state index in [0.717, 1.165) is 19.0 Å². The summed E-state index contributed by atoms with van der Waals surface area (Å²) >= 11 is 0. The number of nitrogens with one attached hydrogen (secondary N) is 1. The first-order valence-corrected chi connectivity index (χ1v) is 5.49. The lowest BCUT2D eigenvalue weighted by Crippen LogP contribution is -2.41. The van der Waals surface area contributed by atoms with Gasteiger partial charge in [-0.1, -0.05) is 19.3 Å². The molecule has 0 aliphatic heterocycles. The molecule has 13 heavy (non-hydrogen) atoms. The molecule has 0 aromatic heterocycles. The maximum atomic E-state index is 5.70. The van der Waals surface area contributed by atoms with Gasteiger partial charge >= 0.3 is 0 Å². The third kappa shape index (κ3) is 4.60. The second-order valence-electron chi connectivity index (χ2n) is 4.16. The maximum absolute atomic E-state index is 5.70. The van der Waals surface area contributed by atoms with E-state index in [1.807, 2.05) is 0 Å². The zero-order valence-electron chi connectivity index (χ0n) is 8.47. The van der Waals surface area contributed by atoms with Gasteiger partial charge in [-0.2, -0.15) is 0 Å². The van der Waals surface area contributed by atoms with Gasteiger partial charge in [-0.3, -0.25) is 0 Å². The van der Waals surface area contributed by atoms with E-state index in [-0.39, 0.29) is 6.04 Å². The molecule has 1 saturated carbocycles. The molecule has 3 nitrogen and oxygen atoms in total. The van der Waals surface area contributed by atoms with Crippen LogP contribution in [-0.4, -0.2) is 25.7 Å². The minimum atomic E-state index is 0.128. The smallest absolute Gasteiger partial charge is 0.0290 e. The summed E-state index contributed by atoms with van der Waals surface area (Å²) in [6, 6.07) is 0.128. The van der Waals surface area contributed by atoms with Crippen LogP contribution in [0.2, 0.25) is 0 Å². The van der Waals surface area contributed by atoms with Gasteiger partial charge in [0, 0.05) is 19.1 Å². The normalized spacial score (nSPS) is 21.7. The highest BCUT2D eigenvalue weighted by Crippen LogP contribution is 2.22. The van der Waals surface area contributed by atoms with Gasteiger partial charge in [-0.15, -0.1) is 0 Å². The van der Waals surface area contributed by atoms with E-state index >= 15 is 0 Å². The van der Waals surface area contributed by atoms with E-state index < -0.39 is 0 Å². The Bertz CT molecular complexity index is 121. The van der Waals surface area contributed by atoms with Crippen molar-refractivity contribution < 1.29 is 0 Å². The number of rotatable bonds is 5. The van der Waals surface area contributed by atoms with Crippen LogP contribution < -0.4 is 16.8 Å². The highest BCUT2D eigenvalue weighted by atomic mass is 14.9. The Morgan fingerprint density at radius 3 is 2.54 bits per heavy atom. The van der Waals surface area contributed by atoms with E-state index in [1.54, 1.807) is 0 Å². The largest absolute Gasteiger partial charge is 0.329 e. The lowest BCUT2D eigenvalue weighted by Gasteiger charge is -2.22. The van der Waals surface area contributed by atoms with Crippen LogP contribution in [0.25, 0.3) is 0 Å². The molecule has 0 aromatic carbocycles. The Morgan fingerprint density at radius 1 is 1.23 bits per heavy atom. The van der Waals surface area contributed by atoms with Crippen LogP contribution in [0.3, 0.4) is 0 Å². The maximum Gasteiger partial charge on any atom is 0.0290 e. The van der Waals surface area contributed by atoms with Crippen molar-refractivity contribution in [1.82, 2.24) is 5.32 Å². The molecule has 1 fully saturated rings. The molecule has 5 N–H and O–H groups in total. The predicted molar refractivity (Wildman–Crippen MR) is 56.5 cm³/mol. The topological polar surface area (TPSA) is 64.1 Å². The van der Waals surface area contributed by atoms with Crippen LogP contribution in [-0.2, 0) is 0 Å². The Morgan fingerprint density at radius 2 is 1.92 bits per heavy atom. The molecule has 78 valence electrons. The van der Waals surface area contributed by atoms with Crippen molar-refractivity contribution in [2.75, 3.05) is 19.6 Å². The standard InChI is InChI=1S/C10H23N3/c11-6-10(12)8-13-7-9-4-2-1-3-5-9/h9-10,13H,1-8,11-12H2. The molecule has 0 radical (unpaired) electrons. The van der Waals surface area contributed by atoms with Crippen LogP contribution in [0, 0.1) is 5.92 Å². The van der Waals surface area contributed by atoms with Crippen molar-refractivity contribution in [2.24, 2.45) is 17.4 Å². The van der Waals surface area contributed by atoms with Gasteiger partial charge in [-0.25, -0.2) is 0 Å². The highest BCUT2D eigenvalue weighted by Gasteiger charge is 2.12. The molecule has 0 bridgehead atoms. The molecule has 1 aliphatic rings. The molecule has 1 aliphatic carbocycles. The zero-order valence-corrected chi connectivity index (χ0v) is 8.47. The van der Waals surface area contributed by atoms with Gasteiger partial charge in [-0.05, 0) is 25.3 Å². The van der Waals surface area contributed by atoms with Crippen molar-refractivity contribution in [2.45, 2.75) is 38.1 Å². The summed E-state index contributed by atoms with van der Waals surface area (Å²) in [5.41, 5.74) is 11.1. The summed E-state index contributed by atoms with van der Waals surface area (Å²) in [7, 11) is 0. The summed E-state index contributed by atoms with van der Waals surface area (Å²) in [5.74, 6) is 0.888. The van der Waals surface area contributed by atoms with Crippen LogP contribution >= 0.6 is 0 Å². The summed E-state index contributed by atoms with van der Waals surface area (Å²) < 4.78 is 0. The zero-order chi connectivity index (χ0) is 9.52. The third-order valence-electron chi connectivity index (χ3n) is 2.87. The van der Waals surface area contributed by atoms with E-state index in [9.17, 15) is 0 Å². The molecule has 0 heterocycles. The average molecular weight is 185 g/mol. The molecule has 1 rings (SSSR count). The third-order valence-corrected chi connectivity index (χ3v) is 2.87. The predicted octanol–water partition coefficient (Wildman–Crippen LogP) is 0.442. The minimum Gasteiger partial charge on any atom is -0.329 e. The summed E-state index contributed by atoms with van der Waals surface area (Å²) in [6.45, 7) is 2.58. The first-order chi connectivity index (χ1) is 6.33. The van der Waals surface area contributed by atoms with E-state index in [1.165, 1.54) is 32.1 Å². The number of hydrogen-bond acceptors (Lipinski definition) is 3. The van der Waals surface area contributed by atoms with E-state index in [2.05, 4.69) is 5.32 Å². The molecule has 1 unspecified atom stereocenters. The Balaban J connectivity index is 1.98. The molecule has 0 spiro atoms. The monoisotopic (exact) mass is 185 g/mol. The molecule has 3 heteroatoms. The lowest BCUT2D eigenvalue weighted by atomic mass is 9.89. The Labute approximate surface area is 81.2 Å². The molecular weight excluding hydrogens is 162 g/mol. The average Bonchev–Trinajstić information content (AvgIpc) is 2.19. The van der Waals surface area contributed by atoms with Crippen molar-refractivity contribution in [3.8, 4) is 0 Å². The van der Waals surface area contributed by atoms with Gasteiger partial charge < -0.3 is 16.8 Å². The first-order valence-electron chi connectivity index (χ1n) is 5.49. The second-order valence-corrected chi connectivity index (χ2v) is 4.16. The van der Waals surface area contributed by atoms with Crippen LogP contribution in [0.1, 0.15) is 32.1 Å². The summed E-state index contributed by atoms with van der Waals surface area (Å²) in [4.78, 5) is 0. The van der Waals surface area contributed by atoms with Gasteiger partial charge in [0.15, 0.2) is 0 Å².